The molecular weight excluding hydrogens is 478 g/mol. The summed E-state index contributed by atoms with van der Waals surface area (Å²) < 4.78 is 12.0. The topological polar surface area (TPSA) is 128 Å². The summed E-state index contributed by atoms with van der Waals surface area (Å²) in [6.07, 6.45) is 4.16. The third kappa shape index (κ3) is 5.02. The van der Waals surface area contributed by atoms with Gasteiger partial charge in [-0.25, -0.2) is 4.79 Å². The summed E-state index contributed by atoms with van der Waals surface area (Å²) in [4.78, 5) is 38.7. The Kier molecular flexibility index (Phi) is 7.37. The van der Waals surface area contributed by atoms with Gasteiger partial charge in [0.2, 0.25) is 5.91 Å². The fourth-order valence-corrected chi connectivity index (χ4v) is 5.71. The van der Waals surface area contributed by atoms with Crippen LogP contribution in [-0.4, -0.2) is 44.4 Å². The summed E-state index contributed by atoms with van der Waals surface area (Å²) in [7, 11) is 1.77. The number of hydrogen-bond acceptors (Lipinski definition) is 9. The van der Waals surface area contributed by atoms with Gasteiger partial charge in [0, 0.05) is 11.9 Å². The number of amides is 2. The predicted octanol–water partition coefficient (Wildman–Crippen LogP) is 3.18. The van der Waals surface area contributed by atoms with E-state index in [0.29, 0.717) is 21.5 Å². The number of thiophene rings is 1. The molecule has 10 nitrogen and oxygen atoms in total. The molecule has 1 atom stereocenters. The van der Waals surface area contributed by atoms with Crippen LogP contribution < -0.4 is 10.6 Å². The normalized spacial score (nSPS) is 13.4. The zero-order chi connectivity index (χ0) is 24.2. The first kappa shape index (κ1) is 24.0. The van der Waals surface area contributed by atoms with Crippen molar-refractivity contribution < 1.29 is 23.5 Å². The zero-order valence-electron chi connectivity index (χ0n) is 19.0. The molecule has 0 spiro atoms. The Morgan fingerprint density at radius 1 is 1.32 bits per heavy atom. The molecule has 4 rings (SSSR count). The minimum atomic E-state index is -0.500. The van der Waals surface area contributed by atoms with Gasteiger partial charge in [-0.3, -0.25) is 9.59 Å². The number of esters is 1. The largest absolute Gasteiger partial charge is 0.462 e. The van der Waals surface area contributed by atoms with E-state index in [2.05, 4.69) is 20.8 Å². The number of hydrogen-bond donors (Lipinski definition) is 2. The van der Waals surface area contributed by atoms with Crippen LogP contribution >= 0.6 is 23.1 Å². The molecule has 2 N–H and O–H groups in total. The molecule has 0 aromatic carbocycles. The van der Waals surface area contributed by atoms with Crippen LogP contribution in [0.5, 0.6) is 0 Å². The highest BCUT2D eigenvalue weighted by Gasteiger charge is 2.29. The van der Waals surface area contributed by atoms with Crippen LogP contribution in [0.15, 0.2) is 28.0 Å². The molecule has 3 aromatic heterocycles. The Morgan fingerprint density at radius 3 is 2.88 bits per heavy atom. The molecule has 2 amide bonds. The summed E-state index contributed by atoms with van der Waals surface area (Å²) in [5, 5.41) is 14.5. The lowest BCUT2D eigenvalue weighted by Crippen LogP contribution is -2.24. The van der Waals surface area contributed by atoms with Crippen molar-refractivity contribution in [2.24, 2.45) is 7.05 Å². The highest BCUT2D eigenvalue weighted by atomic mass is 32.2. The van der Waals surface area contributed by atoms with Crippen LogP contribution in [0.3, 0.4) is 0 Å². The molecule has 0 saturated carbocycles. The Hall–Kier alpha value is -3.12. The van der Waals surface area contributed by atoms with Gasteiger partial charge in [-0.05, 0) is 50.8 Å². The predicted molar refractivity (Wildman–Crippen MR) is 127 cm³/mol. The average Bonchev–Trinajstić information content (AvgIpc) is 3.59. The molecule has 0 fully saturated rings. The smallest absolute Gasteiger partial charge is 0.341 e. The number of ether oxygens (including phenoxy) is 1. The maximum absolute atomic E-state index is 12.9. The Morgan fingerprint density at radius 2 is 2.15 bits per heavy atom. The summed E-state index contributed by atoms with van der Waals surface area (Å²) in [5.74, 6) is -0.244. The quantitative estimate of drug-likeness (QED) is 0.337. The second kappa shape index (κ2) is 10.4. The fraction of sp³-hybridized carbons (Fsp3) is 0.409. The first-order valence-corrected chi connectivity index (χ1v) is 12.6. The van der Waals surface area contributed by atoms with Gasteiger partial charge in [0.05, 0.1) is 30.2 Å². The number of furan rings is 1. The molecule has 0 saturated heterocycles. The summed E-state index contributed by atoms with van der Waals surface area (Å²) >= 11 is 2.69. The van der Waals surface area contributed by atoms with Crippen molar-refractivity contribution >= 4 is 45.9 Å². The highest BCUT2D eigenvalue weighted by Crippen LogP contribution is 2.40. The molecule has 0 unspecified atom stereocenters. The van der Waals surface area contributed by atoms with E-state index in [-0.39, 0.29) is 30.7 Å². The Bertz CT molecular complexity index is 1200. The lowest BCUT2D eigenvalue weighted by atomic mass is 10.1. The van der Waals surface area contributed by atoms with Crippen LogP contribution in [0.1, 0.15) is 57.4 Å². The van der Waals surface area contributed by atoms with Crippen molar-refractivity contribution in [1.82, 2.24) is 20.1 Å². The number of anilines is 1. The number of carbonyl (C=O) groups is 3. The van der Waals surface area contributed by atoms with Crippen LogP contribution in [0.4, 0.5) is 5.00 Å². The van der Waals surface area contributed by atoms with Crippen molar-refractivity contribution in [2.45, 2.75) is 50.1 Å². The van der Waals surface area contributed by atoms with E-state index in [1.165, 1.54) is 29.4 Å². The lowest BCUT2D eigenvalue weighted by molar-refractivity contribution is -0.115. The molecule has 0 bridgehead atoms. The SMILES string of the molecule is CCOC(=O)c1c(NC(=O)[C@H](C)Sc2nnc(CNC(=O)c3ccco3)n2C)sc2c1CCC2. The fourth-order valence-electron chi connectivity index (χ4n) is 3.59. The maximum atomic E-state index is 12.9. The van der Waals surface area contributed by atoms with Gasteiger partial charge in [0.25, 0.3) is 5.91 Å². The zero-order valence-corrected chi connectivity index (χ0v) is 20.7. The molecule has 0 radical (unpaired) electrons. The van der Waals surface area contributed by atoms with E-state index in [4.69, 9.17) is 9.15 Å². The second-order valence-electron chi connectivity index (χ2n) is 7.65. The number of thioether (sulfide) groups is 1. The molecule has 3 aromatic rings. The first-order valence-electron chi connectivity index (χ1n) is 10.9. The average molecular weight is 504 g/mol. The van der Waals surface area contributed by atoms with E-state index in [1.54, 1.807) is 37.6 Å². The molecule has 0 aliphatic heterocycles. The molecule has 12 heteroatoms. The number of nitrogens with one attached hydrogen (secondary N) is 2. The van der Waals surface area contributed by atoms with Crippen molar-refractivity contribution in [3.63, 3.8) is 0 Å². The van der Waals surface area contributed by atoms with Crippen LogP contribution in [0, 0.1) is 0 Å². The molecule has 34 heavy (non-hydrogen) atoms. The number of nitrogens with zero attached hydrogens (tertiary/aromatic N) is 3. The van der Waals surface area contributed by atoms with Crippen molar-refractivity contribution in [3.8, 4) is 0 Å². The van der Waals surface area contributed by atoms with E-state index >= 15 is 0 Å². The Labute approximate surface area is 204 Å². The minimum absolute atomic E-state index is 0.161. The standard InChI is InChI=1S/C22H25N5O5S2/c1-4-31-21(30)17-13-7-5-9-15(13)34-20(17)24-18(28)12(2)33-22-26-25-16(27(22)3)11-23-19(29)14-8-6-10-32-14/h6,8,10,12H,4-5,7,9,11H2,1-3H3,(H,23,29)(H,24,28)/t12-/m0/s1. The summed E-state index contributed by atoms with van der Waals surface area (Å²) in [6.45, 7) is 3.96. The number of aryl methyl sites for hydroxylation is 1. The summed E-state index contributed by atoms with van der Waals surface area (Å²) in [5.41, 5.74) is 1.48. The van der Waals surface area contributed by atoms with E-state index in [0.717, 1.165) is 29.7 Å². The van der Waals surface area contributed by atoms with Gasteiger partial charge in [-0.2, -0.15) is 0 Å². The second-order valence-corrected chi connectivity index (χ2v) is 10.1. The maximum Gasteiger partial charge on any atom is 0.341 e. The van der Waals surface area contributed by atoms with Crippen LogP contribution in [0.2, 0.25) is 0 Å². The third-order valence-corrected chi connectivity index (χ3v) is 7.71. The Balaban J connectivity index is 1.39. The number of rotatable bonds is 9. The van der Waals surface area contributed by atoms with Crippen molar-refractivity contribution in [3.05, 3.63) is 46.0 Å². The van der Waals surface area contributed by atoms with Crippen molar-refractivity contribution in [1.29, 1.82) is 0 Å². The van der Waals surface area contributed by atoms with E-state index in [9.17, 15) is 14.4 Å². The molecule has 1 aliphatic rings. The van der Waals surface area contributed by atoms with Gasteiger partial charge in [-0.1, -0.05) is 11.8 Å². The van der Waals surface area contributed by atoms with Gasteiger partial charge >= 0.3 is 5.97 Å². The minimum Gasteiger partial charge on any atom is -0.462 e. The number of aromatic nitrogens is 3. The van der Waals surface area contributed by atoms with Crippen LogP contribution in [0.25, 0.3) is 0 Å². The van der Waals surface area contributed by atoms with Gasteiger partial charge in [0.1, 0.15) is 5.00 Å². The van der Waals surface area contributed by atoms with E-state index in [1.807, 2.05) is 0 Å². The monoisotopic (exact) mass is 503 g/mol. The molecule has 3 heterocycles. The molecule has 180 valence electrons. The highest BCUT2D eigenvalue weighted by molar-refractivity contribution is 8.00. The van der Waals surface area contributed by atoms with Gasteiger partial charge < -0.3 is 24.4 Å². The van der Waals surface area contributed by atoms with Crippen molar-refractivity contribution in [2.75, 3.05) is 11.9 Å². The molecule has 1 aliphatic carbocycles. The van der Waals surface area contributed by atoms with E-state index < -0.39 is 11.2 Å². The summed E-state index contributed by atoms with van der Waals surface area (Å²) in [6, 6.07) is 3.21. The number of fused-ring (bicyclic) bond motifs is 1. The first-order chi connectivity index (χ1) is 16.4. The third-order valence-electron chi connectivity index (χ3n) is 5.37. The lowest BCUT2D eigenvalue weighted by Gasteiger charge is -2.12. The van der Waals surface area contributed by atoms with Crippen LogP contribution in [-0.2, 0) is 36.0 Å². The molecular formula is C22H25N5O5S2. The van der Waals surface area contributed by atoms with Gasteiger partial charge in [0.15, 0.2) is 16.7 Å². The van der Waals surface area contributed by atoms with Gasteiger partial charge in [-0.15, -0.1) is 21.5 Å². The number of carbonyl (C=O) groups excluding carboxylic acids is 3.